The standard InChI is InChI=1S/C9H12FNO.ClH/c10-9-3-1-2-7(4-9)8(5-11)6-12;/h1-4,8,12H,5-6,11H2;1H. The highest BCUT2D eigenvalue weighted by Gasteiger charge is 2.07. The van der Waals surface area contributed by atoms with Gasteiger partial charge in [0.15, 0.2) is 0 Å². The van der Waals surface area contributed by atoms with Crippen molar-refractivity contribution >= 4 is 12.4 Å². The normalized spacial score (nSPS) is 11.9. The van der Waals surface area contributed by atoms with Crippen molar-refractivity contribution in [2.75, 3.05) is 13.2 Å². The Labute approximate surface area is 83.0 Å². The zero-order chi connectivity index (χ0) is 8.97. The summed E-state index contributed by atoms with van der Waals surface area (Å²) in [6.45, 7) is 0.292. The quantitative estimate of drug-likeness (QED) is 0.781. The van der Waals surface area contributed by atoms with Crippen LogP contribution in [0.3, 0.4) is 0 Å². The van der Waals surface area contributed by atoms with Gasteiger partial charge in [0.25, 0.3) is 0 Å². The van der Waals surface area contributed by atoms with E-state index in [4.69, 9.17) is 10.8 Å². The lowest BCUT2D eigenvalue weighted by Gasteiger charge is -2.10. The number of hydrogen-bond acceptors (Lipinski definition) is 2. The molecular formula is C9H13ClFNO. The van der Waals surface area contributed by atoms with Crippen molar-refractivity contribution < 1.29 is 9.50 Å². The van der Waals surface area contributed by atoms with Gasteiger partial charge in [0.2, 0.25) is 0 Å². The van der Waals surface area contributed by atoms with Crippen molar-refractivity contribution in [3.8, 4) is 0 Å². The third-order valence-electron chi connectivity index (χ3n) is 1.82. The van der Waals surface area contributed by atoms with Crippen LogP contribution in [0.4, 0.5) is 4.39 Å². The summed E-state index contributed by atoms with van der Waals surface area (Å²) in [5.41, 5.74) is 6.13. The Bertz CT molecular complexity index is 253. The Kier molecular flexibility index (Phi) is 5.62. The minimum atomic E-state index is -0.292. The Morgan fingerprint density at radius 3 is 2.62 bits per heavy atom. The van der Waals surface area contributed by atoms with Gasteiger partial charge in [0.1, 0.15) is 5.82 Å². The first kappa shape index (κ1) is 12.4. The summed E-state index contributed by atoms with van der Waals surface area (Å²) in [6, 6.07) is 6.14. The van der Waals surface area contributed by atoms with E-state index in [1.54, 1.807) is 12.1 Å². The topological polar surface area (TPSA) is 46.2 Å². The molecule has 0 aliphatic rings. The third-order valence-corrected chi connectivity index (χ3v) is 1.82. The lowest BCUT2D eigenvalue weighted by Crippen LogP contribution is -2.15. The summed E-state index contributed by atoms with van der Waals surface area (Å²) in [7, 11) is 0. The summed E-state index contributed by atoms with van der Waals surface area (Å²) in [5.74, 6) is -0.444. The van der Waals surface area contributed by atoms with Crippen LogP contribution >= 0.6 is 12.4 Å². The van der Waals surface area contributed by atoms with Gasteiger partial charge in [-0.1, -0.05) is 12.1 Å². The van der Waals surface area contributed by atoms with Gasteiger partial charge >= 0.3 is 0 Å². The first-order chi connectivity index (χ1) is 5.77. The second-order valence-electron chi connectivity index (χ2n) is 2.67. The van der Waals surface area contributed by atoms with E-state index in [0.717, 1.165) is 5.56 Å². The SMILES string of the molecule is Cl.NCC(CO)c1cccc(F)c1. The van der Waals surface area contributed by atoms with Crippen LogP contribution in [-0.4, -0.2) is 18.3 Å². The fourth-order valence-corrected chi connectivity index (χ4v) is 1.08. The van der Waals surface area contributed by atoms with E-state index in [1.165, 1.54) is 12.1 Å². The molecule has 2 nitrogen and oxygen atoms in total. The van der Waals surface area contributed by atoms with Gasteiger partial charge in [-0.15, -0.1) is 12.4 Å². The largest absolute Gasteiger partial charge is 0.396 e. The van der Waals surface area contributed by atoms with E-state index >= 15 is 0 Å². The van der Waals surface area contributed by atoms with Gasteiger partial charge in [-0.2, -0.15) is 0 Å². The van der Waals surface area contributed by atoms with Crippen LogP contribution < -0.4 is 5.73 Å². The van der Waals surface area contributed by atoms with Crippen molar-refractivity contribution in [1.29, 1.82) is 0 Å². The predicted molar refractivity (Wildman–Crippen MR) is 52.5 cm³/mol. The highest BCUT2D eigenvalue weighted by Crippen LogP contribution is 2.14. The molecule has 0 aliphatic heterocycles. The first-order valence-corrected chi connectivity index (χ1v) is 3.84. The molecule has 0 radical (unpaired) electrons. The lowest BCUT2D eigenvalue weighted by molar-refractivity contribution is 0.267. The molecule has 1 aromatic rings. The van der Waals surface area contributed by atoms with Crippen molar-refractivity contribution in [2.45, 2.75) is 5.92 Å². The van der Waals surface area contributed by atoms with Gasteiger partial charge in [-0.05, 0) is 17.7 Å². The third kappa shape index (κ3) is 3.30. The Hall–Kier alpha value is -0.640. The minimum absolute atomic E-state index is 0. The van der Waals surface area contributed by atoms with Crippen molar-refractivity contribution in [3.05, 3.63) is 35.6 Å². The van der Waals surface area contributed by atoms with E-state index in [-0.39, 0.29) is 30.7 Å². The lowest BCUT2D eigenvalue weighted by atomic mass is 10.0. The van der Waals surface area contributed by atoms with Crippen LogP contribution in [0.2, 0.25) is 0 Å². The van der Waals surface area contributed by atoms with Crippen LogP contribution in [0.1, 0.15) is 11.5 Å². The Balaban J connectivity index is 0.00000144. The highest BCUT2D eigenvalue weighted by atomic mass is 35.5. The fourth-order valence-electron chi connectivity index (χ4n) is 1.08. The molecule has 1 unspecified atom stereocenters. The maximum Gasteiger partial charge on any atom is 0.123 e. The van der Waals surface area contributed by atoms with Crippen LogP contribution in [-0.2, 0) is 0 Å². The summed E-state index contributed by atoms with van der Waals surface area (Å²) in [5, 5.41) is 8.87. The molecule has 13 heavy (non-hydrogen) atoms. The molecule has 0 saturated carbocycles. The molecule has 4 heteroatoms. The Morgan fingerprint density at radius 2 is 2.15 bits per heavy atom. The second-order valence-corrected chi connectivity index (χ2v) is 2.67. The van der Waals surface area contributed by atoms with Crippen molar-refractivity contribution in [3.63, 3.8) is 0 Å². The van der Waals surface area contributed by atoms with Crippen LogP contribution in [0.5, 0.6) is 0 Å². The van der Waals surface area contributed by atoms with Crippen LogP contribution in [0.25, 0.3) is 0 Å². The van der Waals surface area contributed by atoms with Gasteiger partial charge in [-0.3, -0.25) is 0 Å². The maximum atomic E-state index is 12.7. The predicted octanol–water partition coefficient (Wildman–Crippen LogP) is 1.28. The van der Waals surface area contributed by atoms with Gasteiger partial charge in [0.05, 0.1) is 6.61 Å². The van der Waals surface area contributed by atoms with Crippen LogP contribution in [0.15, 0.2) is 24.3 Å². The molecule has 0 aromatic heterocycles. The number of benzene rings is 1. The molecule has 0 bridgehead atoms. The number of aliphatic hydroxyl groups excluding tert-OH is 1. The summed E-state index contributed by atoms with van der Waals surface area (Å²) >= 11 is 0. The van der Waals surface area contributed by atoms with Gasteiger partial charge in [0, 0.05) is 12.5 Å². The molecular weight excluding hydrogens is 193 g/mol. The van der Waals surface area contributed by atoms with Crippen molar-refractivity contribution in [2.24, 2.45) is 5.73 Å². The number of aliphatic hydroxyl groups is 1. The van der Waals surface area contributed by atoms with E-state index in [9.17, 15) is 4.39 Å². The number of nitrogens with two attached hydrogens (primary N) is 1. The molecule has 0 spiro atoms. The Morgan fingerprint density at radius 1 is 1.46 bits per heavy atom. The summed E-state index contributed by atoms with van der Waals surface area (Å²) < 4.78 is 12.7. The molecule has 3 N–H and O–H groups in total. The molecule has 1 aromatic carbocycles. The zero-order valence-electron chi connectivity index (χ0n) is 7.11. The zero-order valence-corrected chi connectivity index (χ0v) is 7.93. The van der Waals surface area contributed by atoms with E-state index in [0.29, 0.717) is 6.54 Å². The molecule has 0 saturated heterocycles. The molecule has 0 heterocycles. The van der Waals surface area contributed by atoms with Gasteiger partial charge < -0.3 is 10.8 Å². The molecule has 0 amide bonds. The van der Waals surface area contributed by atoms with E-state index < -0.39 is 0 Å². The van der Waals surface area contributed by atoms with Crippen molar-refractivity contribution in [1.82, 2.24) is 0 Å². The average Bonchev–Trinajstić information content (AvgIpc) is 2.07. The molecule has 1 atom stereocenters. The number of rotatable bonds is 3. The van der Waals surface area contributed by atoms with Crippen LogP contribution in [0, 0.1) is 5.82 Å². The minimum Gasteiger partial charge on any atom is -0.396 e. The van der Waals surface area contributed by atoms with Gasteiger partial charge in [-0.25, -0.2) is 4.39 Å². The summed E-state index contributed by atoms with van der Waals surface area (Å²) in [4.78, 5) is 0. The molecule has 1 rings (SSSR count). The summed E-state index contributed by atoms with van der Waals surface area (Å²) in [6.07, 6.45) is 0. The average molecular weight is 206 g/mol. The first-order valence-electron chi connectivity index (χ1n) is 3.84. The highest BCUT2D eigenvalue weighted by molar-refractivity contribution is 5.85. The van der Waals surface area contributed by atoms with E-state index in [2.05, 4.69) is 0 Å². The molecule has 74 valence electrons. The second kappa shape index (κ2) is 5.91. The van der Waals surface area contributed by atoms with E-state index in [1.807, 2.05) is 0 Å². The molecule has 0 aliphatic carbocycles. The smallest absolute Gasteiger partial charge is 0.123 e. The number of hydrogen-bond donors (Lipinski definition) is 2. The number of halogens is 2. The maximum absolute atomic E-state index is 12.7. The molecule has 0 fully saturated rings. The fraction of sp³-hybridized carbons (Fsp3) is 0.333. The monoisotopic (exact) mass is 205 g/mol.